The number of amides is 1. The highest BCUT2D eigenvalue weighted by Gasteiger charge is 2.33. The van der Waals surface area contributed by atoms with Crippen molar-refractivity contribution in [2.75, 3.05) is 19.3 Å². The SMILES string of the molecule is CS(=O)(=O)NC(=O)c1cc(C2CC2)c(OC2CCCN(Cc3cc(Cl)cc(OC(F)(F)F)c3)C2)cc1F. The van der Waals surface area contributed by atoms with E-state index < -0.39 is 33.9 Å². The zero-order valence-electron chi connectivity index (χ0n) is 19.8. The lowest BCUT2D eigenvalue weighted by Gasteiger charge is -2.33. The van der Waals surface area contributed by atoms with Gasteiger partial charge < -0.3 is 9.47 Å². The molecule has 2 aliphatic rings. The summed E-state index contributed by atoms with van der Waals surface area (Å²) in [6.07, 6.45) is -1.26. The smallest absolute Gasteiger partial charge is 0.489 e. The maximum absolute atomic E-state index is 14.8. The first-order chi connectivity index (χ1) is 17.3. The minimum Gasteiger partial charge on any atom is -0.489 e. The number of benzene rings is 2. The lowest BCUT2D eigenvalue weighted by molar-refractivity contribution is -0.274. The van der Waals surface area contributed by atoms with Gasteiger partial charge in [0, 0.05) is 24.2 Å². The molecule has 202 valence electrons. The van der Waals surface area contributed by atoms with Gasteiger partial charge in [-0.25, -0.2) is 17.5 Å². The Labute approximate surface area is 216 Å². The van der Waals surface area contributed by atoms with Crippen molar-refractivity contribution in [2.24, 2.45) is 0 Å². The second kappa shape index (κ2) is 10.7. The quantitative estimate of drug-likeness (QED) is 0.455. The minimum atomic E-state index is -4.83. The van der Waals surface area contributed by atoms with Gasteiger partial charge in [0.05, 0.1) is 11.8 Å². The second-order valence-electron chi connectivity index (χ2n) is 9.31. The summed E-state index contributed by atoms with van der Waals surface area (Å²) >= 11 is 5.98. The molecule has 1 aliphatic carbocycles. The van der Waals surface area contributed by atoms with E-state index in [9.17, 15) is 30.8 Å². The van der Waals surface area contributed by atoms with Crippen molar-refractivity contribution < 1.29 is 40.2 Å². The molecular weight excluding hydrogens is 540 g/mol. The first kappa shape index (κ1) is 27.5. The molecule has 1 amide bonds. The van der Waals surface area contributed by atoms with Gasteiger partial charge in [0.1, 0.15) is 23.4 Å². The normalized spacial score (nSPS) is 18.9. The fourth-order valence-electron chi connectivity index (χ4n) is 4.38. The van der Waals surface area contributed by atoms with Crippen LogP contribution in [-0.2, 0) is 16.6 Å². The number of alkyl halides is 3. The van der Waals surface area contributed by atoms with E-state index in [1.54, 1.807) is 10.8 Å². The molecule has 1 atom stereocenters. The molecule has 2 aromatic rings. The average Bonchev–Trinajstić information content (AvgIpc) is 3.56. The van der Waals surface area contributed by atoms with E-state index in [1.807, 2.05) is 4.90 Å². The molecule has 1 N–H and O–H groups in total. The Morgan fingerprint density at radius 1 is 1.16 bits per heavy atom. The predicted molar refractivity (Wildman–Crippen MR) is 128 cm³/mol. The molecule has 1 saturated heterocycles. The largest absolute Gasteiger partial charge is 0.573 e. The highest BCUT2D eigenvalue weighted by molar-refractivity contribution is 7.89. The Morgan fingerprint density at radius 3 is 2.54 bits per heavy atom. The molecule has 0 spiro atoms. The molecule has 0 aromatic heterocycles. The third kappa shape index (κ3) is 7.96. The molecule has 4 rings (SSSR count). The second-order valence-corrected chi connectivity index (χ2v) is 11.5. The summed E-state index contributed by atoms with van der Waals surface area (Å²) in [4.78, 5) is 14.3. The van der Waals surface area contributed by atoms with Crippen LogP contribution in [0.2, 0.25) is 5.02 Å². The number of carbonyl (C=O) groups excluding carboxylic acids is 1. The van der Waals surface area contributed by atoms with Crippen molar-refractivity contribution in [3.05, 3.63) is 57.9 Å². The molecule has 2 fully saturated rings. The molecule has 1 heterocycles. The Kier molecular flexibility index (Phi) is 7.91. The van der Waals surface area contributed by atoms with Gasteiger partial charge in [-0.15, -0.1) is 13.2 Å². The number of hydrogen-bond acceptors (Lipinski definition) is 6. The maximum Gasteiger partial charge on any atom is 0.573 e. The Bertz CT molecular complexity index is 1280. The van der Waals surface area contributed by atoms with Gasteiger partial charge in [0.2, 0.25) is 10.0 Å². The van der Waals surface area contributed by atoms with Crippen molar-refractivity contribution in [2.45, 2.75) is 50.6 Å². The molecule has 7 nitrogen and oxygen atoms in total. The Hall–Kier alpha value is -2.57. The lowest BCUT2D eigenvalue weighted by atomic mass is 10.0. The van der Waals surface area contributed by atoms with Crippen molar-refractivity contribution in [3.63, 3.8) is 0 Å². The fourth-order valence-corrected chi connectivity index (χ4v) is 5.07. The standard InChI is InChI=1S/C24H25ClF4N2O5S/c1-37(33,34)30-23(32)20-10-19(15-4-5-15)22(11-21(20)26)35-17-3-2-6-31(13-17)12-14-7-16(25)9-18(8-14)36-24(27,28)29/h7-11,15,17H,2-6,12-13H2,1H3,(H,30,32). The first-order valence-electron chi connectivity index (χ1n) is 11.6. The van der Waals surface area contributed by atoms with Crippen LogP contribution in [0.25, 0.3) is 0 Å². The third-order valence-corrected chi connectivity index (χ3v) is 6.74. The monoisotopic (exact) mass is 564 g/mol. The number of hydrogen-bond donors (Lipinski definition) is 1. The van der Waals surface area contributed by atoms with Gasteiger partial charge in [-0.3, -0.25) is 9.69 Å². The number of likely N-dealkylation sites (tertiary alicyclic amines) is 1. The summed E-state index contributed by atoms with van der Waals surface area (Å²) in [5.41, 5.74) is 0.807. The number of sulfonamides is 1. The summed E-state index contributed by atoms with van der Waals surface area (Å²) < 4.78 is 87.4. The highest BCUT2D eigenvalue weighted by Crippen LogP contribution is 2.45. The van der Waals surface area contributed by atoms with Gasteiger partial charge in [0.15, 0.2) is 0 Å². The molecule has 2 aromatic carbocycles. The van der Waals surface area contributed by atoms with E-state index in [4.69, 9.17) is 16.3 Å². The van der Waals surface area contributed by atoms with Crippen molar-refractivity contribution in [1.82, 2.24) is 9.62 Å². The minimum absolute atomic E-state index is 0.0820. The molecule has 1 aliphatic heterocycles. The third-order valence-electron chi connectivity index (χ3n) is 5.97. The summed E-state index contributed by atoms with van der Waals surface area (Å²) in [5.74, 6) is -1.97. The van der Waals surface area contributed by atoms with Crippen LogP contribution in [0.3, 0.4) is 0 Å². The molecule has 1 unspecified atom stereocenters. The summed E-state index contributed by atoms with van der Waals surface area (Å²) in [7, 11) is -3.86. The number of carbonyl (C=O) groups is 1. The molecule has 37 heavy (non-hydrogen) atoms. The predicted octanol–water partition coefficient (Wildman–Crippen LogP) is 4.99. The fraction of sp³-hybridized carbons (Fsp3) is 0.458. The summed E-state index contributed by atoms with van der Waals surface area (Å²) in [6.45, 7) is 1.42. The van der Waals surface area contributed by atoms with E-state index in [0.29, 0.717) is 42.9 Å². The molecule has 13 heteroatoms. The highest BCUT2D eigenvalue weighted by atomic mass is 35.5. The van der Waals surface area contributed by atoms with Gasteiger partial charge >= 0.3 is 6.36 Å². The topological polar surface area (TPSA) is 84.9 Å². The van der Waals surface area contributed by atoms with Crippen molar-refractivity contribution in [1.29, 1.82) is 0 Å². The summed E-state index contributed by atoms with van der Waals surface area (Å²) in [5, 5.41) is 0.117. The van der Waals surface area contributed by atoms with Crippen LogP contribution in [0.15, 0.2) is 30.3 Å². The van der Waals surface area contributed by atoms with Crippen LogP contribution in [-0.4, -0.2) is 51.0 Å². The maximum atomic E-state index is 14.8. The number of nitrogens with zero attached hydrogens (tertiary/aromatic N) is 1. The van der Waals surface area contributed by atoms with Crippen LogP contribution in [0.5, 0.6) is 11.5 Å². The van der Waals surface area contributed by atoms with E-state index in [0.717, 1.165) is 37.7 Å². The molecule has 1 saturated carbocycles. The van der Waals surface area contributed by atoms with Gasteiger partial charge in [0.25, 0.3) is 5.91 Å². The molecular formula is C24H25ClF4N2O5S. The van der Waals surface area contributed by atoms with Crippen LogP contribution in [0.4, 0.5) is 17.6 Å². The van der Waals surface area contributed by atoms with Gasteiger partial charge in [-0.2, -0.15) is 0 Å². The first-order valence-corrected chi connectivity index (χ1v) is 13.8. The number of halogens is 5. The van der Waals surface area contributed by atoms with E-state index in [1.165, 1.54) is 12.1 Å². The molecule has 0 radical (unpaired) electrons. The van der Waals surface area contributed by atoms with E-state index in [2.05, 4.69) is 4.74 Å². The number of nitrogens with one attached hydrogen (secondary N) is 1. The molecule has 0 bridgehead atoms. The number of rotatable bonds is 8. The summed E-state index contributed by atoms with van der Waals surface area (Å²) in [6, 6.07) is 6.40. The van der Waals surface area contributed by atoms with Gasteiger partial charge in [-0.05, 0) is 73.5 Å². The van der Waals surface area contributed by atoms with Crippen LogP contribution >= 0.6 is 11.6 Å². The van der Waals surface area contributed by atoms with Crippen molar-refractivity contribution in [3.8, 4) is 11.5 Å². The van der Waals surface area contributed by atoms with E-state index in [-0.39, 0.29) is 22.6 Å². The Balaban J connectivity index is 1.47. The van der Waals surface area contributed by atoms with Crippen LogP contribution in [0.1, 0.15) is 53.1 Å². The van der Waals surface area contributed by atoms with E-state index >= 15 is 0 Å². The van der Waals surface area contributed by atoms with Gasteiger partial charge in [-0.1, -0.05) is 11.6 Å². The zero-order chi connectivity index (χ0) is 27.0. The van der Waals surface area contributed by atoms with Crippen molar-refractivity contribution >= 4 is 27.5 Å². The zero-order valence-corrected chi connectivity index (χ0v) is 21.4. The Morgan fingerprint density at radius 2 is 1.89 bits per heavy atom. The van der Waals surface area contributed by atoms with Crippen LogP contribution < -0.4 is 14.2 Å². The lowest BCUT2D eigenvalue weighted by Crippen LogP contribution is -2.40. The average molecular weight is 565 g/mol. The van der Waals surface area contributed by atoms with Crippen LogP contribution in [0, 0.1) is 5.82 Å². The number of ether oxygens (including phenoxy) is 2. The number of piperidine rings is 1.